The average molecular weight is 266 g/mol. The molecule has 1 aromatic heterocycles. The highest BCUT2D eigenvalue weighted by molar-refractivity contribution is 7.12. The number of rotatable bonds is 2. The van der Waals surface area contributed by atoms with E-state index in [2.05, 4.69) is 17.1 Å². The van der Waals surface area contributed by atoms with Gasteiger partial charge in [0.1, 0.15) is 10.6 Å². The fourth-order valence-electron chi connectivity index (χ4n) is 3.25. The molecule has 1 N–H and O–H groups in total. The third-order valence-corrected chi connectivity index (χ3v) is 4.94. The number of ether oxygens (including phenoxy) is 1. The maximum atomic E-state index is 12.7. The van der Waals surface area contributed by atoms with Gasteiger partial charge in [-0.05, 0) is 30.7 Å². The molecule has 2 aliphatic heterocycles. The van der Waals surface area contributed by atoms with Crippen LogP contribution in [-0.2, 0) is 0 Å². The van der Waals surface area contributed by atoms with Gasteiger partial charge < -0.3 is 15.0 Å². The Hall–Kier alpha value is -1.07. The number of thiophene rings is 1. The van der Waals surface area contributed by atoms with Crippen LogP contribution in [0.5, 0.6) is 5.75 Å². The van der Waals surface area contributed by atoms with Gasteiger partial charge in [-0.1, -0.05) is 0 Å². The van der Waals surface area contributed by atoms with Crippen molar-refractivity contribution in [1.29, 1.82) is 0 Å². The highest BCUT2D eigenvalue weighted by atomic mass is 32.1. The summed E-state index contributed by atoms with van der Waals surface area (Å²) in [7, 11) is 1.62. The van der Waals surface area contributed by atoms with Gasteiger partial charge in [0.15, 0.2) is 0 Å². The van der Waals surface area contributed by atoms with Crippen molar-refractivity contribution in [2.45, 2.75) is 25.4 Å². The summed E-state index contributed by atoms with van der Waals surface area (Å²) >= 11 is 1.47. The van der Waals surface area contributed by atoms with Crippen molar-refractivity contribution in [2.75, 3.05) is 20.2 Å². The molecule has 0 aliphatic carbocycles. The Bertz CT molecular complexity index is 460. The predicted molar refractivity (Wildman–Crippen MR) is 71.3 cm³/mol. The van der Waals surface area contributed by atoms with Crippen molar-refractivity contribution in [3.05, 3.63) is 16.3 Å². The summed E-state index contributed by atoms with van der Waals surface area (Å²) in [6, 6.07) is 2.56. The molecule has 0 saturated carbocycles. The molecule has 3 heterocycles. The SMILES string of the molecule is COc1ccsc1C(=O)N1C(C)CC2CNCC21. The van der Waals surface area contributed by atoms with Crippen molar-refractivity contribution in [2.24, 2.45) is 5.92 Å². The van der Waals surface area contributed by atoms with Crippen LogP contribution in [0.4, 0.5) is 0 Å². The topological polar surface area (TPSA) is 41.6 Å². The van der Waals surface area contributed by atoms with Gasteiger partial charge in [0.05, 0.1) is 7.11 Å². The number of likely N-dealkylation sites (tertiary alicyclic amines) is 1. The number of carbonyl (C=O) groups is 1. The van der Waals surface area contributed by atoms with Crippen LogP contribution in [0.1, 0.15) is 23.0 Å². The van der Waals surface area contributed by atoms with Gasteiger partial charge in [0.2, 0.25) is 0 Å². The highest BCUT2D eigenvalue weighted by Crippen LogP contribution is 2.36. The number of amides is 1. The average Bonchev–Trinajstić information content (AvgIpc) is 3.01. The second-order valence-electron chi connectivity index (χ2n) is 5.10. The van der Waals surface area contributed by atoms with E-state index in [1.54, 1.807) is 7.11 Å². The number of hydrogen-bond acceptors (Lipinski definition) is 4. The van der Waals surface area contributed by atoms with E-state index in [-0.39, 0.29) is 5.91 Å². The lowest BCUT2D eigenvalue weighted by Gasteiger charge is -2.27. The second-order valence-corrected chi connectivity index (χ2v) is 6.02. The fraction of sp³-hybridized carbons (Fsp3) is 0.615. The summed E-state index contributed by atoms with van der Waals surface area (Å²) in [6.45, 7) is 4.12. The Labute approximate surface area is 111 Å². The first-order valence-electron chi connectivity index (χ1n) is 6.37. The largest absolute Gasteiger partial charge is 0.495 e. The lowest BCUT2D eigenvalue weighted by atomic mass is 10.0. The molecular formula is C13H18N2O2S. The van der Waals surface area contributed by atoms with Gasteiger partial charge in [-0.15, -0.1) is 11.3 Å². The van der Waals surface area contributed by atoms with E-state index in [1.807, 2.05) is 11.4 Å². The molecule has 0 spiro atoms. The van der Waals surface area contributed by atoms with E-state index in [1.165, 1.54) is 11.3 Å². The number of hydrogen-bond donors (Lipinski definition) is 1. The predicted octanol–water partition coefficient (Wildman–Crippen LogP) is 1.58. The van der Waals surface area contributed by atoms with Crippen LogP contribution in [0.2, 0.25) is 0 Å². The molecule has 3 unspecified atom stereocenters. The quantitative estimate of drug-likeness (QED) is 0.883. The van der Waals surface area contributed by atoms with Crippen LogP contribution in [-0.4, -0.2) is 43.1 Å². The Morgan fingerprint density at radius 1 is 1.56 bits per heavy atom. The number of nitrogens with zero attached hydrogens (tertiary/aromatic N) is 1. The summed E-state index contributed by atoms with van der Waals surface area (Å²) < 4.78 is 5.26. The van der Waals surface area contributed by atoms with Crippen LogP contribution in [0.3, 0.4) is 0 Å². The zero-order chi connectivity index (χ0) is 12.7. The maximum Gasteiger partial charge on any atom is 0.268 e. The van der Waals surface area contributed by atoms with Crippen LogP contribution in [0.15, 0.2) is 11.4 Å². The van der Waals surface area contributed by atoms with Gasteiger partial charge >= 0.3 is 0 Å². The minimum atomic E-state index is 0.130. The normalized spacial score (nSPS) is 30.6. The monoisotopic (exact) mass is 266 g/mol. The summed E-state index contributed by atoms with van der Waals surface area (Å²) in [5.74, 6) is 1.45. The van der Waals surface area contributed by atoms with E-state index < -0.39 is 0 Å². The number of methoxy groups -OCH3 is 1. The minimum absolute atomic E-state index is 0.130. The first-order valence-corrected chi connectivity index (χ1v) is 7.25. The van der Waals surface area contributed by atoms with Crippen molar-refractivity contribution in [3.8, 4) is 5.75 Å². The van der Waals surface area contributed by atoms with Crippen LogP contribution in [0, 0.1) is 5.92 Å². The molecule has 0 radical (unpaired) electrons. The molecule has 98 valence electrons. The Morgan fingerprint density at radius 2 is 2.39 bits per heavy atom. The van der Waals surface area contributed by atoms with Crippen molar-refractivity contribution in [1.82, 2.24) is 10.2 Å². The van der Waals surface area contributed by atoms with Gasteiger partial charge in [0.25, 0.3) is 5.91 Å². The van der Waals surface area contributed by atoms with E-state index in [4.69, 9.17) is 4.74 Å². The van der Waals surface area contributed by atoms with Gasteiger partial charge in [0, 0.05) is 25.2 Å². The Balaban J connectivity index is 1.88. The van der Waals surface area contributed by atoms with Crippen LogP contribution >= 0.6 is 11.3 Å². The molecule has 2 fully saturated rings. The lowest BCUT2D eigenvalue weighted by Crippen LogP contribution is -2.42. The molecule has 3 rings (SSSR count). The molecule has 4 nitrogen and oxygen atoms in total. The molecule has 5 heteroatoms. The lowest BCUT2D eigenvalue weighted by molar-refractivity contribution is 0.0684. The number of carbonyl (C=O) groups excluding carboxylic acids is 1. The van der Waals surface area contributed by atoms with E-state index in [0.717, 1.165) is 24.4 Å². The summed E-state index contributed by atoms with van der Waals surface area (Å²) in [4.78, 5) is 15.5. The molecule has 0 bridgehead atoms. The number of fused-ring (bicyclic) bond motifs is 1. The summed E-state index contributed by atoms with van der Waals surface area (Å²) in [5.41, 5.74) is 0. The van der Waals surface area contributed by atoms with Crippen molar-refractivity contribution in [3.63, 3.8) is 0 Å². The second kappa shape index (κ2) is 4.55. The standard InChI is InChI=1S/C13H18N2O2S/c1-8-5-9-6-14-7-10(9)15(8)13(16)12-11(17-2)3-4-18-12/h3-4,8-10,14H,5-7H2,1-2H3. The Morgan fingerprint density at radius 3 is 3.17 bits per heavy atom. The molecule has 2 saturated heterocycles. The molecule has 0 aromatic carbocycles. The minimum Gasteiger partial charge on any atom is -0.495 e. The summed E-state index contributed by atoms with van der Waals surface area (Å²) in [5, 5.41) is 5.30. The molecular weight excluding hydrogens is 248 g/mol. The van der Waals surface area contributed by atoms with Gasteiger partial charge in [-0.3, -0.25) is 4.79 Å². The van der Waals surface area contributed by atoms with Gasteiger partial charge in [-0.2, -0.15) is 0 Å². The third kappa shape index (κ3) is 1.73. The van der Waals surface area contributed by atoms with Crippen LogP contribution < -0.4 is 10.1 Å². The molecule has 2 aliphatic rings. The van der Waals surface area contributed by atoms with E-state index >= 15 is 0 Å². The van der Waals surface area contributed by atoms with Crippen molar-refractivity contribution >= 4 is 17.2 Å². The Kier molecular flexibility index (Phi) is 3.03. The first kappa shape index (κ1) is 12.0. The fourth-order valence-corrected chi connectivity index (χ4v) is 4.05. The van der Waals surface area contributed by atoms with Gasteiger partial charge in [-0.25, -0.2) is 0 Å². The zero-order valence-electron chi connectivity index (χ0n) is 10.7. The first-order chi connectivity index (χ1) is 8.72. The number of nitrogens with one attached hydrogen (secondary N) is 1. The third-order valence-electron chi connectivity index (χ3n) is 4.06. The van der Waals surface area contributed by atoms with E-state index in [9.17, 15) is 4.79 Å². The van der Waals surface area contributed by atoms with Crippen LogP contribution in [0.25, 0.3) is 0 Å². The van der Waals surface area contributed by atoms with E-state index in [0.29, 0.717) is 23.8 Å². The zero-order valence-corrected chi connectivity index (χ0v) is 11.5. The molecule has 3 atom stereocenters. The maximum absolute atomic E-state index is 12.7. The van der Waals surface area contributed by atoms with Crippen molar-refractivity contribution < 1.29 is 9.53 Å². The highest BCUT2D eigenvalue weighted by Gasteiger charge is 2.44. The smallest absolute Gasteiger partial charge is 0.268 e. The molecule has 1 amide bonds. The molecule has 18 heavy (non-hydrogen) atoms. The summed E-state index contributed by atoms with van der Waals surface area (Å²) in [6.07, 6.45) is 1.11. The molecule has 1 aromatic rings.